The highest BCUT2D eigenvalue weighted by Crippen LogP contribution is 2.45. The molecule has 2 heterocycles. The van der Waals surface area contributed by atoms with Crippen molar-refractivity contribution >= 4 is 32.3 Å². The van der Waals surface area contributed by atoms with Gasteiger partial charge < -0.3 is 0 Å². The Bertz CT molecular complexity index is 2890. The van der Waals surface area contributed by atoms with E-state index in [4.69, 9.17) is 9.97 Å². The lowest BCUT2D eigenvalue weighted by atomic mass is 9.84. The van der Waals surface area contributed by atoms with E-state index in [1.54, 1.807) is 6.20 Å². The molecule has 10 aromatic rings. The van der Waals surface area contributed by atoms with Gasteiger partial charge in [0.25, 0.3) is 0 Å². The highest BCUT2D eigenvalue weighted by atomic mass is 14.9. The molecule has 0 aliphatic heterocycles. The molecule has 0 saturated carbocycles. The lowest BCUT2D eigenvalue weighted by molar-refractivity contribution is 1.18. The van der Waals surface area contributed by atoms with Gasteiger partial charge in [0.2, 0.25) is 0 Å². The minimum Gasteiger partial charge on any atom is -0.264 e. The molecular formula is C51H31N3. The van der Waals surface area contributed by atoms with E-state index >= 15 is 0 Å². The molecule has 0 unspecified atom stereocenters. The fraction of sp³-hybridized carbons (Fsp3) is 0. The quantitative estimate of drug-likeness (QED) is 0.164. The predicted octanol–water partition coefficient (Wildman–Crippen LogP) is 12.9. The molecule has 54 heavy (non-hydrogen) atoms. The van der Waals surface area contributed by atoms with E-state index in [2.05, 4.69) is 163 Å². The SMILES string of the molecule is c1cccc(-c2cc(-c3ccc(-c4cccnc4)cc3)nc(-c3ccc(-c4c5ccccc5c(-c5cccc6ccccc56)c5ccccc45)cc3)n2)c#1. The van der Waals surface area contributed by atoms with Crippen LogP contribution in [0.25, 0.3) is 99.6 Å². The average molecular weight is 686 g/mol. The highest BCUT2D eigenvalue weighted by Gasteiger charge is 2.18. The highest BCUT2D eigenvalue weighted by molar-refractivity contribution is 6.23. The first kappa shape index (κ1) is 31.3. The van der Waals surface area contributed by atoms with Crippen LogP contribution in [0, 0.1) is 12.1 Å². The first-order valence-corrected chi connectivity index (χ1v) is 18.1. The summed E-state index contributed by atoms with van der Waals surface area (Å²) < 4.78 is 0. The van der Waals surface area contributed by atoms with Crippen molar-refractivity contribution in [3.8, 4) is 67.3 Å². The van der Waals surface area contributed by atoms with Crippen LogP contribution in [0.2, 0.25) is 0 Å². The van der Waals surface area contributed by atoms with E-state index in [1.165, 1.54) is 49.0 Å². The Kier molecular flexibility index (Phi) is 7.71. The van der Waals surface area contributed by atoms with Crippen molar-refractivity contribution in [2.75, 3.05) is 0 Å². The number of hydrogen-bond donors (Lipinski definition) is 0. The van der Waals surface area contributed by atoms with E-state index < -0.39 is 0 Å². The van der Waals surface area contributed by atoms with Gasteiger partial charge in [0, 0.05) is 23.5 Å². The van der Waals surface area contributed by atoms with Gasteiger partial charge in [0.05, 0.1) is 17.0 Å². The third-order valence-corrected chi connectivity index (χ3v) is 10.2. The minimum absolute atomic E-state index is 0.656. The maximum Gasteiger partial charge on any atom is 0.160 e. The van der Waals surface area contributed by atoms with Gasteiger partial charge in [-0.1, -0.05) is 164 Å². The van der Waals surface area contributed by atoms with E-state index in [1.807, 2.05) is 36.5 Å². The molecular weight excluding hydrogens is 655 g/mol. The van der Waals surface area contributed by atoms with Crippen LogP contribution in [0.1, 0.15) is 0 Å². The second-order valence-corrected chi connectivity index (χ2v) is 13.4. The summed E-state index contributed by atoms with van der Waals surface area (Å²) in [6.45, 7) is 0. The third-order valence-electron chi connectivity index (χ3n) is 10.2. The van der Waals surface area contributed by atoms with E-state index in [0.29, 0.717) is 5.82 Å². The number of benzene rings is 7. The smallest absolute Gasteiger partial charge is 0.160 e. The lowest BCUT2D eigenvalue weighted by Crippen LogP contribution is -1.96. The van der Waals surface area contributed by atoms with Crippen molar-refractivity contribution in [1.29, 1.82) is 0 Å². The Labute approximate surface area is 313 Å². The van der Waals surface area contributed by atoms with Crippen LogP contribution in [-0.2, 0) is 0 Å². The van der Waals surface area contributed by atoms with E-state index in [-0.39, 0.29) is 0 Å². The second kappa shape index (κ2) is 13.3. The molecule has 0 amide bonds. The molecule has 0 radical (unpaired) electrons. The fourth-order valence-electron chi connectivity index (χ4n) is 7.69. The zero-order chi connectivity index (χ0) is 35.8. The van der Waals surface area contributed by atoms with Crippen LogP contribution in [0.3, 0.4) is 0 Å². The number of nitrogens with zero attached hydrogens (tertiary/aromatic N) is 3. The molecule has 2 aromatic heterocycles. The van der Waals surface area contributed by atoms with Gasteiger partial charge >= 0.3 is 0 Å². The van der Waals surface area contributed by atoms with Crippen molar-refractivity contribution in [2.24, 2.45) is 0 Å². The lowest BCUT2D eigenvalue weighted by Gasteiger charge is -2.19. The Morgan fingerprint density at radius 2 is 1.02 bits per heavy atom. The molecule has 0 spiro atoms. The zero-order valence-corrected chi connectivity index (χ0v) is 29.2. The molecule has 250 valence electrons. The largest absolute Gasteiger partial charge is 0.264 e. The molecule has 3 heteroatoms. The molecule has 0 N–H and O–H groups in total. The standard InChI is InChI=1S/C51H31N3/c1-2-13-36(14-3-1)47-32-48(37-25-23-34(24-26-37)40-16-11-31-52-33-40)54-51(53-47)39-29-27-38(28-30-39)49-43-18-6-8-20-45(43)50(46-21-9-7-19-44(46)49)42-22-10-15-35-12-4-5-17-41(35)42/h1-2,4-13,15-33H. The summed E-state index contributed by atoms with van der Waals surface area (Å²) in [7, 11) is 0. The van der Waals surface area contributed by atoms with Gasteiger partial charge in [0.1, 0.15) is 0 Å². The minimum atomic E-state index is 0.656. The molecule has 10 rings (SSSR count). The maximum absolute atomic E-state index is 5.13. The molecule has 0 aliphatic rings. The van der Waals surface area contributed by atoms with Crippen molar-refractivity contribution in [2.45, 2.75) is 0 Å². The zero-order valence-electron chi connectivity index (χ0n) is 29.2. The predicted molar refractivity (Wildman–Crippen MR) is 223 cm³/mol. The number of fused-ring (bicyclic) bond motifs is 3. The molecule has 3 nitrogen and oxygen atoms in total. The second-order valence-electron chi connectivity index (χ2n) is 13.4. The molecule has 0 aliphatic carbocycles. The monoisotopic (exact) mass is 685 g/mol. The van der Waals surface area contributed by atoms with Crippen molar-refractivity contribution < 1.29 is 0 Å². The molecule has 0 atom stereocenters. The number of hydrogen-bond acceptors (Lipinski definition) is 3. The number of rotatable bonds is 6. The first-order chi connectivity index (χ1) is 26.8. The summed E-state index contributed by atoms with van der Waals surface area (Å²) in [4.78, 5) is 14.5. The molecule has 0 saturated heterocycles. The summed E-state index contributed by atoms with van der Waals surface area (Å²) >= 11 is 0. The van der Waals surface area contributed by atoms with Crippen LogP contribution < -0.4 is 0 Å². The summed E-state index contributed by atoms with van der Waals surface area (Å²) in [6.07, 6.45) is 3.67. The van der Waals surface area contributed by atoms with Crippen molar-refractivity contribution in [1.82, 2.24) is 15.0 Å². The summed E-state index contributed by atoms with van der Waals surface area (Å²) in [5.74, 6) is 0.656. The van der Waals surface area contributed by atoms with Gasteiger partial charge in [-0.25, -0.2) is 9.97 Å². The van der Waals surface area contributed by atoms with Gasteiger partial charge in [0.15, 0.2) is 5.82 Å². The number of pyridine rings is 1. The topological polar surface area (TPSA) is 38.7 Å². The van der Waals surface area contributed by atoms with Crippen LogP contribution in [0.5, 0.6) is 0 Å². The van der Waals surface area contributed by atoms with E-state index in [0.717, 1.165) is 44.8 Å². The summed E-state index contributed by atoms with van der Waals surface area (Å²) in [5, 5.41) is 7.40. The number of aromatic nitrogens is 3. The van der Waals surface area contributed by atoms with Gasteiger partial charge in [-0.15, -0.1) is 0 Å². The summed E-state index contributed by atoms with van der Waals surface area (Å²) in [6, 6.07) is 68.3. The van der Waals surface area contributed by atoms with Crippen molar-refractivity contribution in [3.63, 3.8) is 0 Å². The Morgan fingerprint density at radius 3 is 1.70 bits per heavy atom. The van der Waals surface area contributed by atoms with Gasteiger partial charge in [-0.2, -0.15) is 0 Å². The molecule has 0 bridgehead atoms. The molecule has 0 fully saturated rings. The van der Waals surface area contributed by atoms with Gasteiger partial charge in [-0.3, -0.25) is 4.98 Å². The molecule has 8 aromatic carbocycles. The third kappa shape index (κ3) is 5.55. The first-order valence-electron chi connectivity index (χ1n) is 18.1. The van der Waals surface area contributed by atoms with Crippen LogP contribution in [-0.4, -0.2) is 15.0 Å². The van der Waals surface area contributed by atoms with E-state index in [9.17, 15) is 0 Å². The van der Waals surface area contributed by atoms with Gasteiger partial charge in [-0.05, 0) is 90.0 Å². The van der Waals surface area contributed by atoms with Crippen LogP contribution in [0.15, 0.2) is 188 Å². The normalized spacial score (nSPS) is 11.2. The van der Waals surface area contributed by atoms with Crippen molar-refractivity contribution in [3.05, 3.63) is 200 Å². The Morgan fingerprint density at radius 1 is 0.407 bits per heavy atom. The fourth-order valence-corrected chi connectivity index (χ4v) is 7.69. The van der Waals surface area contributed by atoms with Crippen LogP contribution >= 0.6 is 0 Å². The Balaban J connectivity index is 1.10. The average Bonchev–Trinajstić information content (AvgIpc) is 3.26. The summed E-state index contributed by atoms with van der Waals surface area (Å²) in [5.41, 5.74) is 11.5. The maximum atomic E-state index is 5.13. The Hall–Kier alpha value is -7.41. The van der Waals surface area contributed by atoms with Crippen LogP contribution in [0.4, 0.5) is 0 Å².